The van der Waals surface area contributed by atoms with Crippen molar-refractivity contribution < 1.29 is 14.3 Å². The van der Waals surface area contributed by atoms with Crippen molar-refractivity contribution in [1.29, 1.82) is 0 Å². The largest absolute Gasteiger partial charge is 0.494 e. The van der Waals surface area contributed by atoms with Crippen LogP contribution in [0.1, 0.15) is 27.1 Å². The zero-order valence-corrected chi connectivity index (χ0v) is 12.8. The van der Waals surface area contributed by atoms with Gasteiger partial charge < -0.3 is 4.74 Å². The van der Waals surface area contributed by atoms with E-state index in [9.17, 15) is 9.59 Å². The fourth-order valence-corrected chi connectivity index (χ4v) is 2.90. The highest BCUT2D eigenvalue weighted by Gasteiger charge is 2.37. The normalized spacial score (nSPS) is 14.3. The van der Waals surface area contributed by atoms with E-state index >= 15 is 0 Å². The SMILES string of the molecule is O=C1c2ccccc2C(=O)C1CCOc1cccc(Br)c1. The van der Waals surface area contributed by atoms with Crippen molar-refractivity contribution in [2.75, 3.05) is 6.61 Å². The van der Waals surface area contributed by atoms with E-state index < -0.39 is 5.92 Å². The molecule has 3 nitrogen and oxygen atoms in total. The van der Waals surface area contributed by atoms with Gasteiger partial charge in [0.2, 0.25) is 0 Å². The highest BCUT2D eigenvalue weighted by Crippen LogP contribution is 2.29. The van der Waals surface area contributed by atoms with Gasteiger partial charge in [-0.05, 0) is 24.6 Å². The number of hydrogen-bond acceptors (Lipinski definition) is 3. The van der Waals surface area contributed by atoms with Crippen LogP contribution in [0.15, 0.2) is 53.0 Å². The van der Waals surface area contributed by atoms with Crippen LogP contribution in [0.25, 0.3) is 0 Å². The smallest absolute Gasteiger partial charge is 0.174 e. The number of hydrogen-bond donors (Lipinski definition) is 0. The van der Waals surface area contributed by atoms with E-state index in [0.717, 1.165) is 10.2 Å². The molecule has 1 aliphatic carbocycles. The van der Waals surface area contributed by atoms with Crippen LogP contribution in [0.5, 0.6) is 5.75 Å². The van der Waals surface area contributed by atoms with Crippen LogP contribution in [0.3, 0.4) is 0 Å². The van der Waals surface area contributed by atoms with Gasteiger partial charge in [-0.2, -0.15) is 0 Å². The molecule has 3 rings (SSSR count). The van der Waals surface area contributed by atoms with Gasteiger partial charge in [0.15, 0.2) is 11.6 Å². The third-order valence-electron chi connectivity index (χ3n) is 3.56. The summed E-state index contributed by atoms with van der Waals surface area (Å²) >= 11 is 3.37. The third kappa shape index (κ3) is 2.76. The van der Waals surface area contributed by atoms with Gasteiger partial charge in [0, 0.05) is 15.6 Å². The minimum Gasteiger partial charge on any atom is -0.494 e. The molecule has 1 aliphatic rings. The molecule has 4 heteroatoms. The summed E-state index contributed by atoms with van der Waals surface area (Å²) in [6.45, 7) is 0.340. The Kier molecular flexibility index (Phi) is 3.88. The number of fused-ring (bicyclic) bond motifs is 1. The maximum absolute atomic E-state index is 12.2. The molecule has 21 heavy (non-hydrogen) atoms. The average molecular weight is 345 g/mol. The highest BCUT2D eigenvalue weighted by molar-refractivity contribution is 9.10. The molecule has 0 amide bonds. The number of rotatable bonds is 4. The number of halogens is 1. The van der Waals surface area contributed by atoms with Gasteiger partial charge in [0.1, 0.15) is 5.75 Å². The Morgan fingerprint density at radius 2 is 1.62 bits per heavy atom. The molecule has 0 aliphatic heterocycles. The van der Waals surface area contributed by atoms with Crippen molar-refractivity contribution in [3.8, 4) is 5.75 Å². The zero-order chi connectivity index (χ0) is 14.8. The molecular weight excluding hydrogens is 332 g/mol. The first-order valence-electron chi connectivity index (χ1n) is 6.72. The summed E-state index contributed by atoms with van der Waals surface area (Å²) in [5.41, 5.74) is 1.07. The molecule has 0 saturated carbocycles. The standard InChI is InChI=1S/C17H13BrO3/c18-11-4-3-5-12(10-11)21-9-8-15-16(19)13-6-1-2-7-14(13)17(15)20/h1-7,10,15H,8-9H2. The molecule has 2 aromatic rings. The topological polar surface area (TPSA) is 43.4 Å². The average Bonchev–Trinajstić information content (AvgIpc) is 2.73. The van der Waals surface area contributed by atoms with Crippen molar-refractivity contribution in [3.05, 3.63) is 64.1 Å². The molecule has 0 atom stereocenters. The van der Waals surface area contributed by atoms with Gasteiger partial charge in [0.05, 0.1) is 12.5 Å². The molecule has 2 aromatic carbocycles. The van der Waals surface area contributed by atoms with Gasteiger partial charge in [-0.15, -0.1) is 0 Å². The summed E-state index contributed by atoms with van der Waals surface area (Å²) in [7, 11) is 0. The number of benzene rings is 2. The summed E-state index contributed by atoms with van der Waals surface area (Å²) in [5, 5.41) is 0. The van der Waals surface area contributed by atoms with Crippen molar-refractivity contribution in [2.24, 2.45) is 5.92 Å². The van der Waals surface area contributed by atoms with Crippen LogP contribution in [0.4, 0.5) is 0 Å². The summed E-state index contributed by atoms with van der Waals surface area (Å²) in [5.74, 6) is -0.0591. The molecule has 0 heterocycles. The Balaban J connectivity index is 1.65. The van der Waals surface area contributed by atoms with E-state index in [1.165, 1.54) is 0 Å². The molecule has 0 radical (unpaired) electrons. The fourth-order valence-electron chi connectivity index (χ4n) is 2.52. The second-order valence-electron chi connectivity index (χ2n) is 4.92. The van der Waals surface area contributed by atoms with E-state index in [0.29, 0.717) is 24.2 Å². The van der Waals surface area contributed by atoms with Crippen molar-refractivity contribution >= 4 is 27.5 Å². The molecule has 0 unspecified atom stereocenters. The van der Waals surface area contributed by atoms with E-state index in [1.54, 1.807) is 24.3 Å². The van der Waals surface area contributed by atoms with Crippen LogP contribution >= 0.6 is 15.9 Å². The molecule has 0 bridgehead atoms. The third-order valence-corrected chi connectivity index (χ3v) is 4.06. The number of carbonyl (C=O) groups excluding carboxylic acids is 2. The molecule has 0 spiro atoms. The van der Waals surface area contributed by atoms with Crippen LogP contribution in [0, 0.1) is 5.92 Å². The van der Waals surface area contributed by atoms with E-state index in [-0.39, 0.29) is 11.6 Å². The lowest BCUT2D eigenvalue weighted by molar-refractivity contribution is 0.0816. The molecule has 0 N–H and O–H groups in total. The monoisotopic (exact) mass is 344 g/mol. The van der Waals surface area contributed by atoms with Gasteiger partial charge in [0.25, 0.3) is 0 Å². The lowest BCUT2D eigenvalue weighted by Gasteiger charge is -2.09. The highest BCUT2D eigenvalue weighted by atomic mass is 79.9. The number of ether oxygens (including phenoxy) is 1. The Bertz CT molecular complexity index is 674. The second kappa shape index (κ2) is 5.82. The van der Waals surface area contributed by atoms with Crippen molar-refractivity contribution in [1.82, 2.24) is 0 Å². The lowest BCUT2D eigenvalue weighted by Crippen LogP contribution is -2.18. The summed E-state index contributed by atoms with van der Waals surface area (Å²) in [4.78, 5) is 24.4. The summed E-state index contributed by atoms with van der Waals surface area (Å²) in [6, 6.07) is 14.5. The quantitative estimate of drug-likeness (QED) is 0.789. The first kappa shape index (κ1) is 14.0. The number of ketones is 2. The second-order valence-corrected chi connectivity index (χ2v) is 5.84. The zero-order valence-electron chi connectivity index (χ0n) is 11.2. The molecular formula is C17H13BrO3. The van der Waals surface area contributed by atoms with Crippen molar-refractivity contribution in [3.63, 3.8) is 0 Å². The summed E-state index contributed by atoms with van der Waals surface area (Å²) < 4.78 is 6.54. The molecule has 106 valence electrons. The van der Waals surface area contributed by atoms with Gasteiger partial charge in [-0.3, -0.25) is 9.59 Å². The first-order valence-corrected chi connectivity index (χ1v) is 7.52. The number of Topliss-reactive ketones (excluding diaryl/α,β-unsaturated/α-hetero) is 2. The number of carbonyl (C=O) groups is 2. The van der Waals surface area contributed by atoms with Crippen LogP contribution in [0.2, 0.25) is 0 Å². The van der Waals surface area contributed by atoms with E-state index in [1.807, 2.05) is 24.3 Å². The maximum atomic E-state index is 12.2. The Morgan fingerprint density at radius 1 is 0.952 bits per heavy atom. The lowest BCUT2D eigenvalue weighted by atomic mass is 10.0. The predicted molar refractivity (Wildman–Crippen MR) is 82.8 cm³/mol. The van der Waals surface area contributed by atoms with Gasteiger partial charge in [-0.1, -0.05) is 46.3 Å². The predicted octanol–water partition coefficient (Wildman–Crippen LogP) is 3.91. The van der Waals surface area contributed by atoms with E-state index in [2.05, 4.69) is 15.9 Å². The Hall–Kier alpha value is -1.94. The van der Waals surface area contributed by atoms with E-state index in [4.69, 9.17) is 4.74 Å². The fraction of sp³-hybridized carbons (Fsp3) is 0.176. The molecule has 0 aromatic heterocycles. The Morgan fingerprint density at radius 3 is 2.24 bits per heavy atom. The maximum Gasteiger partial charge on any atom is 0.174 e. The minimum absolute atomic E-state index is 0.0894. The minimum atomic E-state index is -0.602. The Labute approximate surface area is 131 Å². The van der Waals surface area contributed by atoms with Crippen LogP contribution < -0.4 is 4.74 Å². The summed E-state index contributed by atoms with van der Waals surface area (Å²) in [6.07, 6.45) is 0.402. The van der Waals surface area contributed by atoms with Crippen LogP contribution in [-0.4, -0.2) is 18.2 Å². The van der Waals surface area contributed by atoms with Crippen molar-refractivity contribution in [2.45, 2.75) is 6.42 Å². The van der Waals surface area contributed by atoms with Gasteiger partial charge >= 0.3 is 0 Å². The first-order chi connectivity index (χ1) is 10.2. The molecule has 0 saturated heterocycles. The van der Waals surface area contributed by atoms with Gasteiger partial charge in [-0.25, -0.2) is 0 Å². The molecule has 0 fully saturated rings. The van der Waals surface area contributed by atoms with Crippen LogP contribution in [-0.2, 0) is 0 Å².